The number of anilines is 1. The number of aryl methyl sites for hydroxylation is 1. The van der Waals surface area contributed by atoms with E-state index >= 15 is 0 Å². The Labute approximate surface area is 145 Å². The zero-order valence-corrected chi connectivity index (χ0v) is 14.1. The minimum absolute atomic E-state index is 0.00422. The van der Waals surface area contributed by atoms with Crippen molar-refractivity contribution in [2.75, 3.05) is 11.9 Å². The smallest absolute Gasteiger partial charge is 0.387 e. The Morgan fingerprint density at radius 1 is 1.20 bits per heavy atom. The number of nitrogens with two attached hydrogens (primary N) is 1. The van der Waals surface area contributed by atoms with Crippen LogP contribution in [-0.2, 0) is 6.54 Å². The van der Waals surface area contributed by atoms with Gasteiger partial charge in [-0.05, 0) is 49.2 Å². The molecule has 0 radical (unpaired) electrons. The highest BCUT2D eigenvalue weighted by Crippen LogP contribution is 2.30. The first-order valence-corrected chi connectivity index (χ1v) is 7.82. The average Bonchev–Trinajstić information content (AvgIpc) is 2.55. The van der Waals surface area contributed by atoms with Gasteiger partial charge in [0.1, 0.15) is 0 Å². The zero-order chi connectivity index (χ0) is 18.2. The number of halogens is 2. The molecule has 3 N–H and O–H groups in total. The van der Waals surface area contributed by atoms with Gasteiger partial charge in [-0.2, -0.15) is 8.78 Å². The van der Waals surface area contributed by atoms with Gasteiger partial charge in [0.15, 0.2) is 17.5 Å². The number of nitrogens with zero attached hydrogens (tertiary/aromatic N) is 1. The van der Waals surface area contributed by atoms with Gasteiger partial charge in [0.2, 0.25) is 0 Å². The highest BCUT2D eigenvalue weighted by molar-refractivity contribution is 5.92. The third-order valence-electron chi connectivity index (χ3n) is 3.25. The van der Waals surface area contributed by atoms with Crippen LogP contribution in [0, 0.1) is 6.92 Å². The van der Waals surface area contributed by atoms with Crippen LogP contribution in [0.3, 0.4) is 0 Å². The van der Waals surface area contributed by atoms with Crippen molar-refractivity contribution >= 4 is 11.6 Å². The van der Waals surface area contributed by atoms with Crippen LogP contribution in [-0.4, -0.2) is 19.2 Å². The maximum absolute atomic E-state index is 12.4. The van der Waals surface area contributed by atoms with Crippen molar-refractivity contribution in [3.63, 3.8) is 0 Å². The molecule has 0 fully saturated rings. The molecule has 0 unspecified atom stereocenters. The molecule has 7 heteroatoms. The van der Waals surface area contributed by atoms with Crippen LogP contribution in [0.4, 0.5) is 14.5 Å². The van der Waals surface area contributed by atoms with E-state index in [2.05, 4.69) is 15.0 Å². The first-order valence-electron chi connectivity index (χ1n) is 7.82. The molecule has 2 aromatic rings. The molecule has 0 saturated heterocycles. The van der Waals surface area contributed by atoms with E-state index in [0.717, 1.165) is 16.8 Å². The van der Waals surface area contributed by atoms with Gasteiger partial charge < -0.3 is 20.5 Å². The molecule has 0 spiro atoms. The average molecular weight is 349 g/mol. The second kappa shape index (κ2) is 8.86. The second-order valence-corrected chi connectivity index (χ2v) is 5.29. The fraction of sp³-hybridized carbons (Fsp3) is 0.278. The van der Waals surface area contributed by atoms with E-state index in [1.807, 2.05) is 31.2 Å². The number of hydrogen-bond acceptors (Lipinski definition) is 3. The summed E-state index contributed by atoms with van der Waals surface area (Å²) in [6.45, 7) is 1.46. The summed E-state index contributed by atoms with van der Waals surface area (Å²) in [5, 5.41) is 3.00. The van der Waals surface area contributed by atoms with Crippen molar-refractivity contribution < 1.29 is 18.3 Å². The van der Waals surface area contributed by atoms with Crippen molar-refractivity contribution in [2.24, 2.45) is 10.7 Å². The summed E-state index contributed by atoms with van der Waals surface area (Å²) in [7, 11) is 0. The number of aliphatic imine (C=N–C) groups is 1. The number of guanidine groups is 1. The van der Waals surface area contributed by atoms with E-state index in [1.165, 1.54) is 6.07 Å². The Morgan fingerprint density at radius 3 is 2.68 bits per heavy atom. The minimum atomic E-state index is -2.91. The van der Waals surface area contributed by atoms with Crippen LogP contribution >= 0.6 is 0 Å². The van der Waals surface area contributed by atoms with Gasteiger partial charge in [-0.1, -0.05) is 18.2 Å². The Hall–Kier alpha value is -2.83. The van der Waals surface area contributed by atoms with E-state index in [1.54, 1.807) is 19.1 Å². The molecule has 2 rings (SSSR count). The van der Waals surface area contributed by atoms with Gasteiger partial charge in [0.05, 0.1) is 13.2 Å². The van der Waals surface area contributed by atoms with Crippen LogP contribution in [0.15, 0.2) is 47.5 Å². The molecule has 0 atom stereocenters. The lowest BCUT2D eigenvalue weighted by molar-refractivity contribution is -0.0514. The van der Waals surface area contributed by atoms with Gasteiger partial charge in [0.25, 0.3) is 0 Å². The summed E-state index contributed by atoms with van der Waals surface area (Å²) in [5.41, 5.74) is 8.59. The Balaban J connectivity index is 2.07. The molecule has 0 bridgehead atoms. The van der Waals surface area contributed by atoms with Crippen LogP contribution in [0.2, 0.25) is 0 Å². The predicted molar refractivity (Wildman–Crippen MR) is 94.4 cm³/mol. The van der Waals surface area contributed by atoms with Crippen molar-refractivity contribution in [3.05, 3.63) is 53.6 Å². The Bertz CT molecular complexity index is 736. The summed E-state index contributed by atoms with van der Waals surface area (Å²) in [5.74, 6) is 0.507. The standard InChI is InChI=1S/C18H21F2N3O2/c1-3-24-16-10-13(7-8-15(16)25-17(19)20)11-22-18(21)23-14-6-4-5-12(2)9-14/h4-10,17H,3,11H2,1-2H3,(H3,21,22,23). The molecule has 0 aromatic heterocycles. The van der Waals surface area contributed by atoms with Crippen molar-refractivity contribution in [3.8, 4) is 11.5 Å². The van der Waals surface area contributed by atoms with Crippen LogP contribution in [0.5, 0.6) is 11.5 Å². The number of hydrogen-bond donors (Lipinski definition) is 2. The number of rotatable bonds is 7. The van der Waals surface area contributed by atoms with Gasteiger partial charge in [-0.15, -0.1) is 0 Å². The predicted octanol–water partition coefficient (Wildman–Crippen LogP) is 3.92. The molecular formula is C18H21F2N3O2. The van der Waals surface area contributed by atoms with Gasteiger partial charge in [-0.25, -0.2) is 4.99 Å². The molecule has 2 aromatic carbocycles. The quantitative estimate of drug-likeness (QED) is 0.587. The first kappa shape index (κ1) is 18.5. The molecule has 5 nitrogen and oxygen atoms in total. The summed E-state index contributed by atoms with van der Waals surface area (Å²) in [4.78, 5) is 4.25. The summed E-state index contributed by atoms with van der Waals surface area (Å²) in [6, 6.07) is 12.4. The number of ether oxygens (including phenoxy) is 2. The van der Waals surface area contributed by atoms with Crippen molar-refractivity contribution in [1.29, 1.82) is 0 Å². The van der Waals surface area contributed by atoms with E-state index in [9.17, 15) is 8.78 Å². The third-order valence-corrected chi connectivity index (χ3v) is 3.25. The third kappa shape index (κ3) is 5.95. The summed E-state index contributed by atoms with van der Waals surface area (Å²) in [6.07, 6.45) is 0. The fourth-order valence-electron chi connectivity index (χ4n) is 2.20. The van der Waals surface area contributed by atoms with E-state index in [-0.39, 0.29) is 24.0 Å². The number of nitrogens with one attached hydrogen (secondary N) is 1. The molecule has 0 aliphatic carbocycles. The second-order valence-electron chi connectivity index (χ2n) is 5.29. The Kier molecular flexibility index (Phi) is 6.56. The topological polar surface area (TPSA) is 68.9 Å². The molecule has 0 aliphatic heterocycles. The van der Waals surface area contributed by atoms with Crippen LogP contribution in [0.25, 0.3) is 0 Å². The first-order chi connectivity index (χ1) is 12.0. The van der Waals surface area contributed by atoms with Gasteiger partial charge in [0, 0.05) is 5.69 Å². The normalized spacial score (nSPS) is 11.5. The molecule has 0 saturated carbocycles. The molecule has 0 heterocycles. The highest BCUT2D eigenvalue weighted by Gasteiger charge is 2.11. The Morgan fingerprint density at radius 2 is 2.00 bits per heavy atom. The lowest BCUT2D eigenvalue weighted by Gasteiger charge is -2.12. The maximum atomic E-state index is 12.4. The van der Waals surface area contributed by atoms with Gasteiger partial charge >= 0.3 is 6.61 Å². The van der Waals surface area contributed by atoms with E-state index < -0.39 is 6.61 Å². The van der Waals surface area contributed by atoms with E-state index in [0.29, 0.717) is 6.61 Å². The molecule has 0 aliphatic rings. The lowest BCUT2D eigenvalue weighted by atomic mass is 10.2. The largest absolute Gasteiger partial charge is 0.490 e. The zero-order valence-electron chi connectivity index (χ0n) is 14.1. The molecular weight excluding hydrogens is 328 g/mol. The fourth-order valence-corrected chi connectivity index (χ4v) is 2.20. The molecule has 25 heavy (non-hydrogen) atoms. The van der Waals surface area contributed by atoms with E-state index in [4.69, 9.17) is 10.5 Å². The maximum Gasteiger partial charge on any atom is 0.387 e. The molecule has 0 amide bonds. The molecule has 134 valence electrons. The minimum Gasteiger partial charge on any atom is -0.490 e. The SMILES string of the molecule is CCOc1cc(CN=C(N)Nc2cccc(C)c2)ccc1OC(F)F. The van der Waals surface area contributed by atoms with Crippen LogP contribution in [0.1, 0.15) is 18.1 Å². The summed E-state index contributed by atoms with van der Waals surface area (Å²) < 4.78 is 34.6. The number of alkyl halides is 2. The summed E-state index contributed by atoms with van der Waals surface area (Å²) >= 11 is 0. The van der Waals surface area contributed by atoms with Crippen molar-refractivity contribution in [2.45, 2.75) is 27.0 Å². The monoisotopic (exact) mass is 349 g/mol. The van der Waals surface area contributed by atoms with Gasteiger partial charge in [-0.3, -0.25) is 0 Å². The van der Waals surface area contributed by atoms with Crippen molar-refractivity contribution in [1.82, 2.24) is 0 Å². The highest BCUT2D eigenvalue weighted by atomic mass is 19.3. The lowest BCUT2D eigenvalue weighted by Crippen LogP contribution is -2.22. The van der Waals surface area contributed by atoms with Crippen LogP contribution < -0.4 is 20.5 Å². The number of benzene rings is 2.